The van der Waals surface area contributed by atoms with E-state index >= 15 is 0 Å². The summed E-state index contributed by atoms with van der Waals surface area (Å²) in [4.78, 5) is 23.3. The van der Waals surface area contributed by atoms with Crippen LogP contribution in [-0.4, -0.2) is 35.0 Å². The second-order valence-corrected chi connectivity index (χ2v) is 3.65. The van der Waals surface area contributed by atoms with Crippen LogP contribution in [0.3, 0.4) is 0 Å². The lowest BCUT2D eigenvalue weighted by Crippen LogP contribution is -2.30. The van der Waals surface area contributed by atoms with Gasteiger partial charge < -0.3 is 10.0 Å². The van der Waals surface area contributed by atoms with Gasteiger partial charge in [0.1, 0.15) is 0 Å². The third-order valence-corrected chi connectivity index (χ3v) is 2.23. The molecule has 4 nitrogen and oxygen atoms in total. The van der Waals surface area contributed by atoms with Crippen molar-refractivity contribution in [3.05, 3.63) is 0 Å². The highest BCUT2D eigenvalue weighted by atomic mass is 16.4. The van der Waals surface area contributed by atoms with Gasteiger partial charge in [0.25, 0.3) is 0 Å². The molecule has 0 radical (unpaired) electrons. The monoisotopic (exact) mass is 185 g/mol. The summed E-state index contributed by atoms with van der Waals surface area (Å²) < 4.78 is 0. The van der Waals surface area contributed by atoms with E-state index in [0.717, 1.165) is 13.0 Å². The van der Waals surface area contributed by atoms with E-state index in [4.69, 9.17) is 5.11 Å². The summed E-state index contributed by atoms with van der Waals surface area (Å²) in [5.74, 6) is -0.573. The highest BCUT2D eigenvalue weighted by molar-refractivity contribution is 5.78. The number of carbonyl (C=O) groups is 2. The van der Waals surface area contributed by atoms with E-state index in [0.29, 0.717) is 13.0 Å². The highest BCUT2D eigenvalue weighted by Gasteiger charge is 2.22. The zero-order valence-corrected chi connectivity index (χ0v) is 7.82. The average molecular weight is 185 g/mol. The van der Waals surface area contributed by atoms with Crippen LogP contribution in [0, 0.1) is 5.92 Å². The number of amides is 1. The van der Waals surface area contributed by atoms with Crippen LogP contribution in [0.5, 0.6) is 0 Å². The molecule has 0 aromatic heterocycles. The molecule has 1 fully saturated rings. The van der Waals surface area contributed by atoms with Gasteiger partial charge in [-0.2, -0.15) is 0 Å². The molecule has 1 aliphatic rings. The number of carboxylic acid groups (broad SMARTS) is 1. The lowest BCUT2D eigenvalue weighted by atomic mass is 10.1. The SMILES string of the molecule is CC(CC(=O)O)CN1CCCC1=O. The van der Waals surface area contributed by atoms with E-state index in [1.165, 1.54) is 0 Å². The average Bonchev–Trinajstić information content (AvgIpc) is 2.34. The molecule has 1 saturated heterocycles. The van der Waals surface area contributed by atoms with Crippen molar-refractivity contribution in [2.45, 2.75) is 26.2 Å². The molecule has 0 aliphatic carbocycles. The number of likely N-dealkylation sites (tertiary alicyclic amines) is 1. The molecule has 1 rings (SSSR count). The molecule has 1 aliphatic heterocycles. The van der Waals surface area contributed by atoms with Crippen LogP contribution in [0.4, 0.5) is 0 Å². The van der Waals surface area contributed by atoms with Crippen molar-refractivity contribution in [2.75, 3.05) is 13.1 Å². The number of hydrogen-bond acceptors (Lipinski definition) is 2. The molecule has 1 N–H and O–H groups in total. The van der Waals surface area contributed by atoms with Crippen molar-refractivity contribution in [2.24, 2.45) is 5.92 Å². The normalized spacial score (nSPS) is 19.2. The Morgan fingerprint density at radius 1 is 1.69 bits per heavy atom. The number of hydrogen-bond donors (Lipinski definition) is 1. The third kappa shape index (κ3) is 3.05. The first-order valence-electron chi connectivity index (χ1n) is 4.59. The molecular formula is C9H15NO3. The first kappa shape index (κ1) is 10.0. The van der Waals surface area contributed by atoms with E-state index in [2.05, 4.69) is 0 Å². The van der Waals surface area contributed by atoms with E-state index in [-0.39, 0.29) is 18.2 Å². The first-order valence-corrected chi connectivity index (χ1v) is 4.59. The zero-order chi connectivity index (χ0) is 9.84. The second kappa shape index (κ2) is 4.25. The quantitative estimate of drug-likeness (QED) is 0.702. The molecule has 1 amide bonds. The summed E-state index contributed by atoms with van der Waals surface area (Å²) in [5.41, 5.74) is 0. The van der Waals surface area contributed by atoms with Crippen LogP contribution >= 0.6 is 0 Å². The smallest absolute Gasteiger partial charge is 0.303 e. The largest absolute Gasteiger partial charge is 0.481 e. The Kier molecular flexibility index (Phi) is 3.28. The Bertz CT molecular complexity index is 215. The third-order valence-electron chi connectivity index (χ3n) is 2.23. The Labute approximate surface area is 77.5 Å². The Balaban J connectivity index is 2.30. The van der Waals surface area contributed by atoms with Gasteiger partial charge in [-0.3, -0.25) is 9.59 Å². The number of carbonyl (C=O) groups excluding carboxylic acids is 1. The fraction of sp³-hybridized carbons (Fsp3) is 0.778. The number of rotatable bonds is 4. The fourth-order valence-electron chi connectivity index (χ4n) is 1.64. The van der Waals surface area contributed by atoms with Crippen LogP contribution in [0.15, 0.2) is 0 Å². The number of carboxylic acids is 1. The molecule has 0 aromatic carbocycles. The van der Waals surface area contributed by atoms with Gasteiger partial charge in [-0.15, -0.1) is 0 Å². The van der Waals surface area contributed by atoms with E-state index in [1.807, 2.05) is 6.92 Å². The minimum atomic E-state index is -0.792. The minimum Gasteiger partial charge on any atom is -0.481 e. The van der Waals surface area contributed by atoms with Crippen molar-refractivity contribution in [1.29, 1.82) is 0 Å². The van der Waals surface area contributed by atoms with Gasteiger partial charge in [0.05, 0.1) is 0 Å². The molecule has 74 valence electrons. The van der Waals surface area contributed by atoms with Gasteiger partial charge in [-0.05, 0) is 12.3 Å². The summed E-state index contributed by atoms with van der Waals surface area (Å²) in [6.45, 7) is 3.24. The van der Waals surface area contributed by atoms with E-state index in [1.54, 1.807) is 4.90 Å². The van der Waals surface area contributed by atoms with Crippen molar-refractivity contribution in [3.63, 3.8) is 0 Å². The second-order valence-electron chi connectivity index (χ2n) is 3.65. The van der Waals surface area contributed by atoms with Crippen molar-refractivity contribution < 1.29 is 14.7 Å². The van der Waals surface area contributed by atoms with Gasteiger partial charge in [-0.1, -0.05) is 6.92 Å². The summed E-state index contributed by atoms with van der Waals surface area (Å²) in [6.07, 6.45) is 1.68. The predicted octanol–water partition coefficient (Wildman–Crippen LogP) is 0.720. The Hall–Kier alpha value is -1.06. The van der Waals surface area contributed by atoms with Crippen LogP contribution in [0.25, 0.3) is 0 Å². The fourth-order valence-corrected chi connectivity index (χ4v) is 1.64. The molecule has 4 heteroatoms. The van der Waals surface area contributed by atoms with E-state index < -0.39 is 5.97 Å². The number of nitrogens with zero attached hydrogens (tertiary/aromatic N) is 1. The van der Waals surface area contributed by atoms with Crippen molar-refractivity contribution in [1.82, 2.24) is 4.90 Å². The molecule has 13 heavy (non-hydrogen) atoms. The van der Waals surface area contributed by atoms with Gasteiger partial charge in [0.15, 0.2) is 0 Å². The van der Waals surface area contributed by atoms with Gasteiger partial charge in [-0.25, -0.2) is 0 Å². The topological polar surface area (TPSA) is 57.6 Å². The van der Waals surface area contributed by atoms with Gasteiger partial charge >= 0.3 is 5.97 Å². The summed E-state index contributed by atoms with van der Waals surface area (Å²) >= 11 is 0. The minimum absolute atomic E-state index is 0.0551. The molecular weight excluding hydrogens is 170 g/mol. The summed E-state index contributed by atoms with van der Waals surface area (Å²) in [6, 6.07) is 0. The van der Waals surface area contributed by atoms with Crippen LogP contribution < -0.4 is 0 Å². The molecule has 0 aromatic rings. The molecule has 0 saturated carbocycles. The lowest BCUT2D eigenvalue weighted by molar-refractivity contribution is -0.139. The van der Waals surface area contributed by atoms with Crippen molar-refractivity contribution in [3.8, 4) is 0 Å². The molecule has 1 heterocycles. The maximum Gasteiger partial charge on any atom is 0.303 e. The number of aliphatic carboxylic acids is 1. The Morgan fingerprint density at radius 3 is 2.85 bits per heavy atom. The standard InChI is InChI=1S/C9H15NO3/c1-7(5-9(12)13)6-10-4-2-3-8(10)11/h7H,2-6H2,1H3,(H,12,13). The maximum atomic E-state index is 11.2. The van der Waals surface area contributed by atoms with Gasteiger partial charge in [0.2, 0.25) is 5.91 Å². The predicted molar refractivity (Wildman–Crippen MR) is 47.2 cm³/mol. The lowest BCUT2D eigenvalue weighted by Gasteiger charge is -2.19. The maximum absolute atomic E-state index is 11.2. The molecule has 0 bridgehead atoms. The highest BCUT2D eigenvalue weighted by Crippen LogP contribution is 2.13. The van der Waals surface area contributed by atoms with Gasteiger partial charge in [0, 0.05) is 25.9 Å². The molecule has 0 spiro atoms. The van der Waals surface area contributed by atoms with Crippen LogP contribution in [0.1, 0.15) is 26.2 Å². The Morgan fingerprint density at radius 2 is 2.38 bits per heavy atom. The molecule has 1 atom stereocenters. The van der Waals surface area contributed by atoms with E-state index in [9.17, 15) is 9.59 Å². The van der Waals surface area contributed by atoms with Crippen LogP contribution in [0.2, 0.25) is 0 Å². The van der Waals surface area contributed by atoms with Crippen molar-refractivity contribution >= 4 is 11.9 Å². The zero-order valence-electron chi connectivity index (χ0n) is 7.82. The molecule has 1 unspecified atom stereocenters. The first-order chi connectivity index (χ1) is 6.09. The van der Waals surface area contributed by atoms with Crippen LogP contribution in [-0.2, 0) is 9.59 Å². The summed E-state index contributed by atoms with van der Waals surface area (Å²) in [5, 5.41) is 8.52. The summed E-state index contributed by atoms with van der Waals surface area (Å²) in [7, 11) is 0.